The second-order valence-electron chi connectivity index (χ2n) is 6.68. The Morgan fingerprint density at radius 2 is 1.78 bits per heavy atom. The van der Waals surface area contributed by atoms with Crippen LogP contribution >= 0.6 is 0 Å². The number of aryl methyl sites for hydroxylation is 1. The van der Waals surface area contributed by atoms with Crippen LogP contribution in [0.25, 0.3) is 0 Å². The number of hydrogen-bond donors (Lipinski definition) is 1. The van der Waals surface area contributed by atoms with Gasteiger partial charge in [-0.15, -0.1) is 6.58 Å². The van der Waals surface area contributed by atoms with Crippen LogP contribution in [0.3, 0.4) is 0 Å². The first-order chi connectivity index (χ1) is 10.4. The molecule has 0 aliphatic rings. The van der Waals surface area contributed by atoms with Gasteiger partial charge in [0.1, 0.15) is 11.6 Å². The van der Waals surface area contributed by atoms with Crippen LogP contribution in [0.1, 0.15) is 39.7 Å². The average molecular weight is 339 g/mol. The molecule has 128 valence electrons. The fourth-order valence-electron chi connectivity index (χ4n) is 1.87. The van der Waals surface area contributed by atoms with Crippen LogP contribution in [0.2, 0.25) is 0 Å². The van der Waals surface area contributed by atoms with Crippen molar-refractivity contribution in [3.8, 4) is 0 Å². The Bertz CT molecular complexity index is 670. The van der Waals surface area contributed by atoms with Gasteiger partial charge in [-0.1, -0.05) is 23.3 Å². The van der Waals surface area contributed by atoms with Crippen LogP contribution in [-0.2, 0) is 19.6 Å². The zero-order valence-corrected chi connectivity index (χ0v) is 15.2. The smallest absolute Gasteiger partial charge is 0.325 e. The lowest BCUT2D eigenvalue weighted by atomic mass is 10.1. The minimum atomic E-state index is -3.81. The molecule has 1 unspecified atom stereocenters. The minimum absolute atomic E-state index is 0.110. The van der Waals surface area contributed by atoms with Crippen molar-refractivity contribution < 1.29 is 17.9 Å². The van der Waals surface area contributed by atoms with Gasteiger partial charge in [0.2, 0.25) is 10.0 Å². The molecule has 1 aromatic carbocycles. The SMILES string of the molecule is C=C(C)CC(NS(=O)(=O)c1ccc(C)cc1)C(=O)OC(C)(C)C. The van der Waals surface area contributed by atoms with Crippen molar-refractivity contribution in [2.45, 2.75) is 57.6 Å². The summed E-state index contributed by atoms with van der Waals surface area (Å²) in [5.41, 5.74) is 0.946. The molecule has 1 aromatic rings. The highest BCUT2D eigenvalue weighted by molar-refractivity contribution is 7.89. The Balaban J connectivity index is 3.02. The van der Waals surface area contributed by atoms with Crippen molar-refractivity contribution in [1.29, 1.82) is 0 Å². The van der Waals surface area contributed by atoms with Crippen molar-refractivity contribution in [3.63, 3.8) is 0 Å². The number of carbonyl (C=O) groups excluding carboxylic acids is 1. The number of benzene rings is 1. The van der Waals surface area contributed by atoms with Gasteiger partial charge in [0.05, 0.1) is 4.90 Å². The number of rotatable bonds is 6. The zero-order valence-electron chi connectivity index (χ0n) is 14.3. The van der Waals surface area contributed by atoms with Crippen molar-refractivity contribution in [3.05, 3.63) is 42.0 Å². The normalized spacial score (nSPS) is 13.4. The third-order valence-electron chi connectivity index (χ3n) is 2.87. The van der Waals surface area contributed by atoms with Crippen LogP contribution in [0, 0.1) is 6.92 Å². The summed E-state index contributed by atoms with van der Waals surface area (Å²) in [6.07, 6.45) is 0.181. The highest BCUT2D eigenvalue weighted by atomic mass is 32.2. The Labute approximate surface area is 138 Å². The van der Waals surface area contributed by atoms with Gasteiger partial charge in [0.15, 0.2) is 0 Å². The first kappa shape index (κ1) is 19.4. The van der Waals surface area contributed by atoms with Gasteiger partial charge in [-0.3, -0.25) is 4.79 Å². The molecule has 6 heteroatoms. The first-order valence-electron chi connectivity index (χ1n) is 7.37. The molecule has 0 aliphatic carbocycles. The largest absolute Gasteiger partial charge is 0.459 e. The molecule has 0 saturated heterocycles. The third kappa shape index (κ3) is 6.54. The van der Waals surface area contributed by atoms with Crippen LogP contribution in [0.15, 0.2) is 41.3 Å². The molecule has 23 heavy (non-hydrogen) atoms. The van der Waals surface area contributed by atoms with Crippen LogP contribution in [0.5, 0.6) is 0 Å². The van der Waals surface area contributed by atoms with Crippen molar-refractivity contribution in [2.75, 3.05) is 0 Å². The highest BCUT2D eigenvalue weighted by Crippen LogP contribution is 2.16. The predicted octanol–water partition coefficient (Wildman–Crippen LogP) is 2.95. The second kappa shape index (κ2) is 7.27. The maximum Gasteiger partial charge on any atom is 0.325 e. The van der Waals surface area contributed by atoms with Gasteiger partial charge < -0.3 is 4.74 Å². The molecule has 5 nitrogen and oxygen atoms in total. The quantitative estimate of drug-likeness (QED) is 0.639. The number of nitrogens with one attached hydrogen (secondary N) is 1. The molecule has 0 bridgehead atoms. The number of esters is 1. The molecular formula is C17H25NO4S. The maximum absolute atomic E-state index is 12.5. The summed E-state index contributed by atoms with van der Waals surface area (Å²) < 4.78 is 32.6. The number of ether oxygens (including phenoxy) is 1. The average Bonchev–Trinajstić information content (AvgIpc) is 2.35. The predicted molar refractivity (Wildman–Crippen MR) is 90.6 cm³/mol. The molecule has 0 aliphatic heterocycles. The fraction of sp³-hybridized carbons (Fsp3) is 0.471. The molecule has 0 radical (unpaired) electrons. The molecule has 1 atom stereocenters. The van der Waals surface area contributed by atoms with E-state index in [4.69, 9.17) is 4.74 Å². The standard InChI is InChI=1S/C17H25NO4S/c1-12(2)11-15(16(19)22-17(4,5)6)18-23(20,21)14-9-7-13(3)8-10-14/h7-10,15,18H,1,11H2,2-6H3. The van der Waals surface area contributed by atoms with Gasteiger partial charge in [0.25, 0.3) is 0 Å². The summed E-state index contributed by atoms with van der Waals surface area (Å²) >= 11 is 0. The van der Waals surface area contributed by atoms with Crippen LogP contribution in [-0.4, -0.2) is 26.0 Å². The Morgan fingerprint density at radius 1 is 1.26 bits per heavy atom. The van der Waals surface area contributed by atoms with E-state index < -0.39 is 27.6 Å². The Kier molecular flexibility index (Phi) is 6.13. The summed E-state index contributed by atoms with van der Waals surface area (Å²) in [4.78, 5) is 12.4. The minimum Gasteiger partial charge on any atom is -0.459 e. The summed E-state index contributed by atoms with van der Waals surface area (Å²) in [5, 5.41) is 0. The van der Waals surface area contributed by atoms with Crippen LogP contribution < -0.4 is 4.72 Å². The van der Waals surface area contributed by atoms with Gasteiger partial charge in [-0.05, 0) is 53.2 Å². The van der Waals surface area contributed by atoms with Crippen molar-refractivity contribution >= 4 is 16.0 Å². The molecule has 0 saturated carbocycles. The van der Waals surface area contributed by atoms with E-state index in [0.717, 1.165) is 5.56 Å². The lowest BCUT2D eigenvalue weighted by molar-refractivity contribution is -0.156. The molecule has 0 spiro atoms. The second-order valence-corrected chi connectivity index (χ2v) is 8.40. The van der Waals surface area contributed by atoms with E-state index in [1.54, 1.807) is 39.8 Å². The van der Waals surface area contributed by atoms with Gasteiger partial charge in [-0.2, -0.15) is 4.72 Å². The zero-order chi connectivity index (χ0) is 17.8. The summed E-state index contributed by atoms with van der Waals surface area (Å²) in [7, 11) is -3.81. The summed E-state index contributed by atoms with van der Waals surface area (Å²) in [6, 6.07) is 5.42. The molecule has 0 heterocycles. The molecule has 0 amide bonds. The Hall–Kier alpha value is -1.66. The van der Waals surface area contributed by atoms with E-state index in [1.807, 2.05) is 6.92 Å². The van der Waals surface area contributed by atoms with E-state index in [1.165, 1.54) is 12.1 Å². The highest BCUT2D eigenvalue weighted by Gasteiger charge is 2.29. The van der Waals surface area contributed by atoms with Gasteiger partial charge in [0, 0.05) is 0 Å². The summed E-state index contributed by atoms with van der Waals surface area (Å²) in [5.74, 6) is -0.615. The van der Waals surface area contributed by atoms with Gasteiger partial charge in [-0.25, -0.2) is 8.42 Å². The molecule has 0 fully saturated rings. The van der Waals surface area contributed by atoms with E-state index >= 15 is 0 Å². The number of hydrogen-bond acceptors (Lipinski definition) is 4. The van der Waals surface area contributed by atoms with E-state index in [-0.39, 0.29) is 11.3 Å². The van der Waals surface area contributed by atoms with E-state index in [0.29, 0.717) is 5.57 Å². The van der Waals surface area contributed by atoms with Crippen molar-refractivity contribution in [1.82, 2.24) is 4.72 Å². The topological polar surface area (TPSA) is 72.5 Å². The lowest BCUT2D eigenvalue weighted by Gasteiger charge is -2.24. The Morgan fingerprint density at radius 3 is 2.22 bits per heavy atom. The monoisotopic (exact) mass is 339 g/mol. The van der Waals surface area contributed by atoms with Crippen molar-refractivity contribution in [2.24, 2.45) is 0 Å². The molecule has 0 aromatic heterocycles. The van der Waals surface area contributed by atoms with E-state index in [2.05, 4.69) is 11.3 Å². The fourth-order valence-corrected chi connectivity index (χ4v) is 3.05. The third-order valence-corrected chi connectivity index (χ3v) is 4.36. The molecular weight excluding hydrogens is 314 g/mol. The van der Waals surface area contributed by atoms with Gasteiger partial charge >= 0.3 is 5.97 Å². The maximum atomic E-state index is 12.5. The van der Waals surface area contributed by atoms with E-state index in [9.17, 15) is 13.2 Å². The lowest BCUT2D eigenvalue weighted by Crippen LogP contribution is -2.44. The molecule has 1 N–H and O–H groups in total. The summed E-state index contributed by atoms with van der Waals surface area (Å²) in [6.45, 7) is 12.5. The van der Waals surface area contributed by atoms with Crippen LogP contribution in [0.4, 0.5) is 0 Å². The number of sulfonamides is 1. The first-order valence-corrected chi connectivity index (χ1v) is 8.85. The number of carbonyl (C=O) groups is 1. The molecule has 1 rings (SSSR count).